The molecule has 5 nitrogen and oxygen atoms in total. The fourth-order valence-corrected chi connectivity index (χ4v) is 2.05. The van der Waals surface area contributed by atoms with Crippen molar-refractivity contribution >= 4 is 5.82 Å². The van der Waals surface area contributed by atoms with Crippen LogP contribution in [0.4, 0.5) is 5.82 Å². The molecule has 102 valence electrons. The third-order valence-corrected chi connectivity index (χ3v) is 2.55. The Kier molecular flexibility index (Phi) is 5.34. The van der Waals surface area contributed by atoms with Gasteiger partial charge in [0.1, 0.15) is 11.6 Å². The van der Waals surface area contributed by atoms with E-state index < -0.39 is 0 Å². The summed E-state index contributed by atoms with van der Waals surface area (Å²) in [5.41, 5.74) is -0.113. The van der Waals surface area contributed by atoms with E-state index in [1.165, 1.54) is 6.07 Å². The molecular formula is C13H24N4O. The molecular weight excluding hydrogens is 228 g/mol. The summed E-state index contributed by atoms with van der Waals surface area (Å²) in [7, 11) is 4.09. The van der Waals surface area contributed by atoms with Crippen LogP contribution >= 0.6 is 0 Å². The summed E-state index contributed by atoms with van der Waals surface area (Å²) in [6, 6.07) is 1.81. The molecule has 2 N–H and O–H groups in total. The molecule has 0 radical (unpaired) electrons. The Bertz CT molecular complexity index is 415. The number of hydrogen-bond donors (Lipinski definition) is 2. The van der Waals surface area contributed by atoms with Gasteiger partial charge in [-0.2, -0.15) is 0 Å². The van der Waals surface area contributed by atoms with Crippen molar-refractivity contribution in [3.63, 3.8) is 0 Å². The van der Waals surface area contributed by atoms with Gasteiger partial charge in [0.15, 0.2) is 0 Å². The van der Waals surface area contributed by atoms with Crippen molar-refractivity contribution < 1.29 is 0 Å². The van der Waals surface area contributed by atoms with Crippen molar-refractivity contribution in [3.05, 3.63) is 22.2 Å². The van der Waals surface area contributed by atoms with Crippen LogP contribution in [0.5, 0.6) is 0 Å². The summed E-state index contributed by atoms with van der Waals surface area (Å²) in [6.07, 6.45) is 1.05. The Morgan fingerprint density at radius 3 is 2.61 bits per heavy atom. The molecule has 1 atom stereocenters. The maximum atomic E-state index is 11.4. The zero-order valence-corrected chi connectivity index (χ0v) is 11.9. The minimum absolute atomic E-state index is 0.113. The molecule has 1 heterocycles. The van der Waals surface area contributed by atoms with Crippen LogP contribution in [0.2, 0.25) is 0 Å². The van der Waals surface area contributed by atoms with E-state index in [0.29, 0.717) is 23.6 Å². The number of nitrogens with zero attached hydrogens (tertiary/aromatic N) is 2. The van der Waals surface area contributed by atoms with Crippen LogP contribution in [0.1, 0.15) is 26.1 Å². The number of aromatic nitrogens is 2. The van der Waals surface area contributed by atoms with E-state index in [1.807, 2.05) is 14.1 Å². The second-order valence-electron chi connectivity index (χ2n) is 5.45. The van der Waals surface area contributed by atoms with Crippen LogP contribution in [0.15, 0.2) is 10.9 Å². The summed E-state index contributed by atoms with van der Waals surface area (Å²) in [6.45, 7) is 7.10. The van der Waals surface area contributed by atoms with Crippen molar-refractivity contribution in [2.45, 2.75) is 33.2 Å². The Morgan fingerprint density at radius 1 is 1.44 bits per heavy atom. The first-order valence-electron chi connectivity index (χ1n) is 6.36. The van der Waals surface area contributed by atoms with Crippen molar-refractivity contribution in [1.29, 1.82) is 0 Å². The third kappa shape index (κ3) is 5.31. The van der Waals surface area contributed by atoms with Gasteiger partial charge in [-0.1, -0.05) is 13.8 Å². The standard InChI is InChI=1S/C13H24N4O/c1-9(2)6-11(8-17(4)5)16-12-7-13(18)15-10(3)14-12/h7,9,11H,6,8H2,1-5H3,(H2,14,15,16,18). The second kappa shape index (κ2) is 6.54. The third-order valence-electron chi connectivity index (χ3n) is 2.55. The lowest BCUT2D eigenvalue weighted by Gasteiger charge is -2.24. The van der Waals surface area contributed by atoms with E-state index >= 15 is 0 Å². The van der Waals surface area contributed by atoms with Gasteiger partial charge in [-0.25, -0.2) is 4.98 Å². The number of aryl methyl sites for hydroxylation is 1. The van der Waals surface area contributed by atoms with E-state index in [1.54, 1.807) is 6.92 Å². The van der Waals surface area contributed by atoms with E-state index in [4.69, 9.17) is 0 Å². The molecule has 0 amide bonds. The molecule has 1 unspecified atom stereocenters. The van der Waals surface area contributed by atoms with Crippen molar-refractivity contribution in [1.82, 2.24) is 14.9 Å². The molecule has 0 aromatic carbocycles. The van der Waals surface area contributed by atoms with E-state index in [-0.39, 0.29) is 5.56 Å². The predicted octanol–water partition coefficient (Wildman–Crippen LogP) is 1.47. The highest BCUT2D eigenvalue weighted by atomic mass is 16.1. The second-order valence-corrected chi connectivity index (χ2v) is 5.45. The Balaban J connectivity index is 2.77. The molecule has 0 saturated heterocycles. The molecule has 0 bridgehead atoms. The van der Waals surface area contributed by atoms with Gasteiger partial charge in [0, 0.05) is 18.7 Å². The first kappa shape index (κ1) is 14.7. The summed E-state index contributed by atoms with van der Waals surface area (Å²) in [5, 5.41) is 3.35. The summed E-state index contributed by atoms with van der Waals surface area (Å²) in [5.74, 6) is 1.90. The number of nitrogens with one attached hydrogen (secondary N) is 2. The number of likely N-dealkylation sites (N-methyl/N-ethyl adjacent to an activating group) is 1. The smallest absolute Gasteiger partial charge is 0.252 e. The van der Waals surface area contributed by atoms with Crippen LogP contribution in [0.25, 0.3) is 0 Å². The number of anilines is 1. The van der Waals surface area contributed by atoms with Crippen LogP contribution in [0.3, 0.4) is 0 Å². The molecule has 0 fully saturated rings. The van der Waals surface area contributed by atoms with E-state index in [0.717, 1.165) is 13.0 Å². The number of H-pyrrole nitrogens is 1. The number of aromatic amines is 1. The molecule has 0 aliphatic heterocycles. The van der Waals surface area contributed by atoms with Crippen molar-refractivity contribution in [3.8, 4) is 0 Å². The lowest BCUT2D eigenvalue weighted by atomic mass is 10.0. The highest BCUT2D eigenvalue weighted by Crippen LogP contribution is 2.10. The van der Waals surface area contributed by atoms with Gasteiger partial charge in [-0.3, -0.25) is 4.79 Å². The molecule has 0 aliphatic carbocycles. The van der Waals surface area contributed by atoms with Gasteiger partial charge in [-0.15, -0.1) is 0 Å². The van der Waals surface area contributed by atoms with Gasteiger partial charge in [-0.05, 0) is 33.4 Å². The lowest BCUT2D eigenvalue weighted by Crippen LogP contribution is -2.34. The van der Waals surface area contributed by atoms with Crippen LogP contribution < -0.4 is 10.9 Å². The minimum Gasteiger partial charge on any atom is -0.366 e. The number of hydrogen-bond acceptors (Lipinski definition) is 4. The van der Waals surface area contributed by atoms with Crippen LogP contribution in [-0.2, 0) is 0 Å². The van der Waals surface area contributed by atoms with Gasteiger partial charge in [0.25, 0.3) is 5.56 Å². The molecule has 0 aliphatic rings. The minimum atomic E-state index is -0.113. The zero-order valence-electron chi connectivity index (χ0n) is 11.9. The Labute approximate surface area is 109 Å². The average molecular weight is 252 g/mol. The first-order chi connectivity index (χ1) is 8.36. The molecule has 18 heavy (non-hydrogen) atoms. The molecule has 0 spiro atoms. The maximum Gasteiger partial charge on any atom is 0.252 e. The fraction of sp³-hybridized carbons (Fsp3) is 0.692. The summed E-state index contributed by atoms with van der Waals surface area (Å²) in [4.78, 5) is 20.5. The predicted molar refractivity (Wildman–Crippen MR) is 75.0 cm³/mol. The quantitative estimate of drug-likeness (QED) is 0.805. The normalized spacial score (nSPS) is 13.1. The average Bonchev–Trinajstić information content (AvgIpc) is 2.12. The van der Waals surface area contributed by atoms with Crippen molar-refractivity contribution in [2.75, 3.05) is 26.0 Å². The highest BCUT2D eigenvalue weighted by Gasteiger charge is 2.13. The van der Waals surface area contributed by atoms with Crippen molar-refractivity contribution in [2.24, 2.45) is 5.92 Å². The molecule has 1 aromatic heterocycles. The van der Waals surface area contributed by atoms with E-state index in [9.17, 15) is 4.79 Å². The fourth-order valence-electron chi connectivity index (χ4n) is 2.05. The SMILES string of the molecule is Cc1nc(NC(CC(C)C)CN(C)C)cc(=O)[nH]1. The molecule has 0 saturated carbocycles. The van der Waals surface area contributed by atoms with Gasteiger partial charge >= 0.3 is 0 Å². The Hall–Kier alpha value is -1.36. The first-order valence-corrected chi connectivity index (χ1v) is 6.36. The molecule has 5 heteroatoms. The highest BCUT2D eigenvalue weighted by molar-refractivity contribution is 5.34. The van der Waals surface area contributed by atoms with Gasteiger partial charge in [0.05, 0.1) is 0 Å². The largest absolute Gasteiger partial charge is 0.366 e. The summed E-state index contributed by atoms with van der Waals surface area (Å²) < 4.78 is 0. The Morgan fingerprint density at radius 2 is 2.11 bits per heavy atom. The van der Waals surface area contributed by atoms with Gasteiger partial charge < -0.3 is 15.2 Å². The topological polar surface area (TPSA) is 61.0 Å². The summed E-state index contributed by atoms with van der Waals surface area (Å²) >= 11 is 0. The number of rotatable bonds is 6. The van der Waals surface area contributed by atoms with Crippen LogP contribution in [0, 0.1) is 12.8 Å². The molecule has 1 rings (SSSR count). The maximum absolute atomic E-state index is 11.4. The monoisotopic (exact) mass is 252 g/mol. The van der Waals surface area contributed by atoms with Crippen LogP contribution in [-0.4, -0.2) is 41.5 Å². The zero-order chi connectivity index (χ0) is 13.7. The lowest BCUT2D eigenvalue weighted by molar-refractivity contribution is 0.356. The molecule has 1 aromatic rings. The van der Waals surface area contributed by atoms with Gasteiger partial charge in [0.2, 0.25) is 0 Å². The van der Waals surface area contributed by atoms with E-state index in [2.05, 4.69) is 34.0 Å².